The molecular weight excluding hydrogens is 390 g/mol. The third kappa shape index (κ3) is 3.48. The lowest BCUT2D eigenvalue weighted by molar-refractivity contribution is 0.125. The summed E-state index contributed by atoms with van der Waals surface area (Å²) in [5.41, 5.74) is 2.25. The van der Waals surface area contributed by atoms with Gasteiger partial charge in [-0.25, -0.2) is 0 Å². The van der Waals surface area contributed by atoms with Crippen LogP contribution in [0.5, 0.6) is 5.75 Å². The summed E-state index contributed by atoms with van der Waals surface area (Å²) in [5.74, 6) is 0.759. The van der Waals surface area contributed by atoms with Crippen LogP contribution >= 0.6 is 15.9 Å². The van der Waals surface area contributed by atoms with Crippen molar-refractivity contribution in [3.63, 3.8) is 0 Å². The highest BCUT2D eigenvalue weighted by Gasteiger charge is 2.33. The normalized spacial score (nSPS) is 13.1. The number of hydrogen-bond acceptors (Lipinski definition) is 3. The highest BCUT2D eigenvalue weighted by Crippen LogP contribution is 2.38. The number of methoxy groups -OCH3 is 1. The summed E-state index contributed by atoms with van der Waals surface area (Å²) >= 11 is 3.47. The topological polar surface area (TPSA) is 32.7 Å². The second kappa shape index (κ2) is 7.52. The van der Waals surface area contributed by atoms with E-state index >= 15 is 0 Å². The number of hydrogen-bond donors (Lipinski definition) is 1. The number of nitrogens with zero attached hydrogens (tertiary/aromatic N) is 1. The minimum Gasteiger partial charge on any atom is -0.497 e. The molecule has 3 rings (SSSR count). The number of halogens is 1. The second-order valence-electron chi connectivity index (χ2n) is 6.39. The van der Waals surface area contributed by atoms with Crippen LogP contribution in [0.1, 0.15) is 16.7 Å². The average molecular weight is 412 g/mol. The van der Waals surface area contributed by atoms with Crippen molar-refractivity contribution in [1.82, 2.24) is 0 Å². The number of anilines is 1. The molecule has 0 saturated carbocycles. The first kappa shape index (κ1) is 18.5. The molecule has 26 heavy (non-hydrogen) atoms. The Morgan fingerprint density at radius 1 is 0.769 bits per heavy atom. The molecule has 1 unspecified atom stereocenters. The van der Waals surface area contributed by atoms with E-state index in [0.29, 0.717) is 0 Å². The lowest BCUT2D eigenvalue weighted by atomic mass is 9.80. The minimum atomic E-state index is -1.25. The Hall–Kier alpha value is -2.30. The SMILES string of the molecule is COc1ccc(C(O)(c2ccc(Br)cc2)c2ccc(N(C)C)cc2)cc1. The van der Waals surface area contributed by atoms with Gasteiger partial charge in [-0.1, -0.05) is 52.3 Å². The number of aliphatic hydroxyl groups is 1. The summed E-state index contributed by atoms with van der Waals surface area (Å²) in [6.07, 6.45) is 0. The van der Waals surface area contributed by atoms with E-state index < -0.39 is 5.60 Å². The molecule has 0 bridgehead atoms. The van der Waals surface area contributed by atoms with Crippen molar-refractivity contribution in [3.05, 3.63) is 94.0 Å². The zero-order chi connectivity index (χ0) is 18.7. The molecule has 0 aromatic heterocycles. The Bertz CT molecular complexity index is 858. The maximum Gasteiger partial charge on any atom is 0.140 e. The first-order valence-corrected chi connectivity index (χ1v) is 9.15. The molecule has 0 radical (unpaired) electrons. The molecule has 3 nitrogen and oxygen atoms in total. The van der Waals surface area contributed by atoms with Gasteiger partial charge in [0.05, 0.1) is 7.11 Å². The van der Waals surface area contributed by atoms with Crippen molar-refractivity contribution < 1.29 is 9.84 Å². The van der Waals surface area contributed by atoms with Crippen LogP contribution in [0.2, 0.25) is 0 Å². The summed E-state index contributed by atoms with van der Waals surface area (Å²) in [7, 11) is 5.63. The Morgan fingerprint density at radius 2 is 1.19 bits per heavy atom. The summed E-state index contributed by atoms with van der Waals surface area (Å²) in [6.45, 7) is 0. The molecule has 0 fully saturated rings. The lowest BCUT2D eigenvalue weighted by Crippen LogP contribution is -2.29. The van der Waals surface area contributed by atoms with Gasteiger partial charge in [-0.15, -0.1) is 0 Å². The smallest absolute Gasteiger partial charge is 0.140 e. The van der Waals surface area contributed by atoms with Gasteiger partial charge in [-0.05, 0) is 53.1 Å². The van der Waals surface area contributed by atoms with Crippen LogP contribution in [-0.4, -0.2) is 26.3 Å². The molecule has 0 aliphatic heterocycles. The van der Waals surface area contributed by atoms with Crippen LogP contribution in [-0.2, 0) is 5.60 Å². The fourth-order valence-electron chi connectivity index (χ4n) is 3.02. The van der Waals surface area contributed by atoms with Gasteiger partial charge in [0.2, 0.25) is 0 Å². The average Bonchev–Trinajstić information content (AvgIpc) is 2.68. The fourth-order valence-corrected chi connectivity index (χ4v) is 3.29. The van der Waals surface area contributed by atoms with Gasteiger partial charge in [-0.2, -0.15) is 0 Å². The molecule has 3 aromatic carbocycles. The molecular formula is C22H22BrNO2. The fraction of sp³-hybridized carbons (Fsp3) is 0.182. The second-order valence-corrected chi connectivity index (χ2v) is 7.30. The van der Waals surface area contributed by atoms with E-state index in [-0.39, 0.29) is 0 Å². The monoisotopic (exact) mass is 411 g/mol. The van der Waals surface area contributed by atoms with Crippen LogP contribution < -0.4 is 9.64 Å². The Balaban J connectivity index is 2.15. The standard InChI is InChI=1S/C22H22BrNO2/c1-24(2)20-12-6-17(7-13-20)22(25,16-4-10-19(23)11-5-16)18-8-14-21(26-3)15-9-18/h4-15,25H,1-3H3. The van der Waals surface area contributed by atoms with Crippen molar-refractivity contribution >= 4 is 21.6 Å². The largest absolute Gasteiger partial charge is 0.497 e. The van der Waals surface area contributed by atoms with Crippen molar-refractivity contribution in [2.24, 2.45) is 0 Å². The van der Waals surface area contributed by atoms with Crippen LogP contribution in [0.4, 0.5) is 5.69 Å². The first-order valence-electron chi connectivity index (χ1n) is 8.36. The minimum absolute atomic E-state index is 0.759. The predicted octanol–water partition coefficient (Wildman–Crippen LogP) is 4.81. The van der Waals surface area contributed by atoms with Gasteiger partial charge in [-0.3, -0.25) is 0 Å². The van der Waals surface area contributed by atoms with Gasteiger partial charge in [0, 0.05) is 24.3 Å². The van der Waals surface area contributed by atoms with Crippen LogP contribution in [0.15, 0.2) is 77.3 Å². The van der Waals surface area contributed by atoms with Gasteiger partial charge in [0.15, 0.2) is 0 Å². The van der Waals surface area contributed by atoms with Crippen molar-refractivity contribution in [2.45, 2.75) is 5.60 Å². The van der Waals surface area contributed by atoms with Gasteiger partial charge >= 0.3 is 0 Å². The van der Waals surface area contributed by atoms with E-state index in [4.69, 9.17) is 4.74 Å². The quantitative estimate of drug-likeness (QED) is 0.611. The van der Waals surface area contributed by atoms with Gasteiger partial charge in [0.25, 0.3) is 0 Å². The highest BCUT2D eigenvalue weighted by atomic mass is 79.9. The molecule has 0 aliphatic carbocycles. The van der Waals surface area contributed by atoms with E-state index in [0.717, 1.165) is 32.6 Å². The summed E-state index contributed by atoms with van der Waals surface area (Å²) in [5, 5.41) is 11.8. The van der Waals surface area contributed by atoms with Crippen molar-refractivity contribution in [2.75, 3.05) is 26.1 Å². The van der Waals surface area contributed by atoms with Gasteiger partial charge in [0.1, 0.15) is 11.4 Å². The highest BCUT2D eigenvalue weighted by molar-refractivity contribution is 9.10. The number of ether oxygens (including phenoxy) is 1. The molecule has 1 atom stereocenters. The van der Waals surface area contributed by atoms with Crippen molar-refractivity contribution in [1.29, 1.82) is 0 Å². The van der Waals surface area contributed by atoms with Gasteiger partial charge < -0.3 is 14.7 Å². The van der Waals surface area contributed by atoms with E-state index in [9.17, 15) is 5.11 Å². The molecule has 1 N–H and O–H groups in total. The maximum absolute atomic E-state index is 11.8. The summed E-state index contributed by atoms with van der Waals surface area (Å²) in [4.78, 5) is 2.04. The molecule has 0 spiro atoms. The zero-order valence-corrected chi connectivity index (χ0v) is 16.7. The predicted molar refractivity (Wildman–Crippen MR) is 110 cm³/mol. The first-order chi connectivity index (χ1) is 12.4. The zero-order valence-electron chi connectivity index (χ0n) is 15.1. The Kier molecular flexibility index (Phi) is 5.35. The van der Waals surface area contributed by atoms with Crippen LogP contribution in [0.3, 0.4) is 0 Å². The van der Waals surface area contributed by atoms with E-state index in [1.807, 2.05) is 91.8 Å². The van der Waals surface area contributed by atoms with Crippen molar-refractivity contribution in [3.8, 4) is 5.75 Å². The summed E-state index contributed by atoms with van der Waals surface area (Å²) in [6, 6.07) is 23.3. The third-order valence-electron chi connectivity index (χ3n) is 4.57. The van der Waals surface area contributed by atoms with Crippen LogP contribution in [0.25, 0.3) is 0 Å². The third-order valence-corrected chi connectivity index (χ3v) is 5.10. The van der Waals surface area contributed by atoms with E-state index in [1.165, 1.54) is 0 Å². The Labute approximate surface area is 163 Å². The molecule has 3 aromatic rings. The molecule has 134 valence electrons. The molecule has 0 heterocycles. The summed E-state index contributed by atoms with van der Waals surface area (Å²) < 4.78 is 6.23. The maximum atomic E-state index is 11.8. The molecule has 0 amide bonds. The van der Waals surface area contributed by atoms with E-state index in [1.54, 1.807) is 7.11 Å². The van der Waals surface area contributed by atoms with Crippen LogP contribution in [0, 0.1) is 0 Å². The molecule has 0 saturated heterocycles. The number of benzene rings is 3. The van der Waals surface area contributed by atoms with E-state index in [2.05, 4.69) is 15.9 Å². The Morgan fingerprint density at radius 3 is 1.62 bits per heavy atom. The lowest BCUT2D eigenvalue weighted by Gasteiger charge is -2.31. The number of rotatable bonds is 5. The molecule has 0 aliphatic rings. The molecule has 4 heteroatoms.